The molecule has 16 heavy (non-hydrogen) atoms. The predicted molar refractivity (Wildman–Crippen MR) is 66.5 cm³/mol. The van der Waals surface area contributed by atoms with Crippen LogP contribution in [0.2, 0.25) is 0 Å². The van der Waals surface area contributed by atoms with Crippen LogP contribution in [0.25, 0.3) is 11.1 Å². The molecule has 0 aromatic carbocycles. The number of nitrogens with zero attached hydrogens (tertiary/aromatic N) is 2. The lowest BCUT2D eigenvalue weighted by molar-refractivity contribution is 1.30. The van der Waals surface area contributed by atoms with E-state index in [9.17, 15) is 0 Å². The maximum Gasteiger partial charge on any atom is 0.0346 e. The molecule has 0 aliphatic carbocycles. The fourth-order valence-corrected chi connectivity index (χ4v) is 1.43. The molecule has 2 heteroatoms. The van der Waals surface area contributed by atoms with E-state index in [1.54, 1.807) is 24.8 Å². The normalized spacial score (nSPS) is 9.75. The van der Waals surface area contributed by atoms with E-state index in [4.69, 9.17) is 0 Å². The topological polar surface area (TPSA) is 25.8 Å². The Bertz CT molecular complexity index is 451. The number of rotatable bonds is 3. The third-order valence-corrected chi connectivity index (χ3v) is 2.38. The molecule has 0 amide bonds. The molecule has 0 spiro atoms. The Labute approximate surface area is 95.0 Å². The van der Waals surface area contributed by atoms with E-state index in [1.807, 2.05) is 24.3 Å². The van der Waals surface area contributed by atoms with Crippen molar-refractivity contribution in [2.75, 3.05) is 0 Å². The van der Waals surface area contributed by atoms with Crippen molar-refractivity contribution in [1.29, 1.82) is 0 Å². The van der Waals surface area contributed by atoms with Crippen LogP contribution < -0.4 is 0 Å². The Morgan fingerprint density at radius 1 is 0.812 bits per heavy atom. The molecule has 0 fully saturated rings. The number of allylic oxidation sites excluding steroid dienone is 2. The minimum absolute atomic E-state index is 0.876. The third kappa shape index (κ3) is 2.06. The first-order valence-corrected chi connectivity index (χ1v) is 4.98. The van der Waals surface area contributed by atoms with Crippen LogP contribution in [0.1, 0.15) is 11.1 Å². The maximum atomic E-state index is 4.06. The van der Waals surface area contributed by atoms with Gasteiger partial charge in [-0.3, -0.25) is 9.97 Å². The first kappa shape index (κ1) is 10.3. The summed E-state index contributed by atoms with van der Waals surface area (Å²) in [4.78, 5) is 8.13. The van der Waals surface area contributed by atoms with Crippen molar-refractivity contribution in [3.63, 3.8) is 0 Å². The minimum Gasteiger partial charge on any atom is -0.264 e. The Morgan fingerprint density at radius 2 is 1.25 bits per heavy atom. The summed E-state index contributed by atoms with van der Waals surface area (Å²) in [5, 5.41) is 0. The number of hydrogen-bond donors (Lipinski definition) is 0. The van der Waals surface area contributed by atoms with Crippen LogP contribution in [-0.2, 0) is 0 Å². The molecule has 0 N–H and O–H groups in total. The van der Waals surface area contributed by atoms with Crippen molar-refractivity contribution < 1.29 is 0 Å². The standard InChI is InChI=1S/C14H12N2/c1-11(13-5-3-7-15-9-13)12(2)14-6-4-8-16-10-14/h3-10H,1-2H2. The maximum absolute atomic E-state index is 4.06. The van der Waals surface area contributed by atoms with Crippen molar-refractivity contribution in [1.82, 2.24) is 9.97 Å². The zero-order valence-electron chi connectivity index (χ0n) is 8.93. The molecule has 0 saturated heterocycles. The summed E-state index contributed by atoms with van der Waals surface area (Å²) in [6, 6.07) is 7.71. The molecule has 2 nitrogen and oxygen atoms in total. The quantitative estimate of drug-likeness (QED) is 0.724. The third-order valence-electron chi connectivity index (χ3n) is 2.38. The van der Waals surface area contributed by atoms with Crippen molar-refractivity contribution in [3.05, 3.63) is 73.3 Å². The smallest absolute Gasteiger partial charge is 0.0346 e. The second kappa shape index (κ2) is 4.53. The molecule has 0 unspecified atom stereocenters. The van der Waals surface area contributed by atoms with Crippen molar-refractivity contribution in [2.24, 2.45) is 0 Å². The Morgan fingerprint density at radius 3 is 1.56 bits per heavy atom. The van der Waals surface area contributed by atoms with Crippen molar-refractivity contribution in [2.45, 2.75) is 0 Å². The molecule has 0 bridgehead atoms. The van der Waals surface area contributed by atoms with Crippen LogP contribution in [0.15, 0.2) is 62.2 Å². The number of pyridine rings is 2. The molecular weight excluding hydrogens is 196 g/mol. The number of hydrogen-bond acceptors (Lipinski definition) is 2. The zero-order chi connectivity index (χ0) is 11.4. The van der Waals surface area contributed by atoms with Gasteiger partial charge >= 0.3 is 0 Å². The van der Waals surface area contributed by atoms with Gasteiger partial charge in [-0.05, 0) is 34.4 Å². The second-order valence-corrected chi connectivity index (χ2v) is 3.44. The largest absolute Gasteiger partial charge is 0.264 e. The molecule has 2 aromatic heterocycles. The minimum atomic E-state index is 0.876. The van der Waals surface area contributed by atoms with E-state index in [2.05, 4.69) is 23.1 Å². The van der Waals surface area contributed by atoms with Gasteiger partial charge in [-0.1, -0.05) is 25.3 Å². The monoisotopic (exact) mass is 208 g/mol. The van der Waals surface area contributed by atoms with E-state index in [-0.39, 0.29) is 0 Å². The van der Waals surface area contributed by atoms with E-state index < -0.39 is 0 Å². The van der Waals surface area contributed by atoms with Crippen LogP contribution in [0.4, 0.5) is 0 Å². The van der Waals surface area contributed by atoms with Crippen LogP contribution >= 0.6 is 0 Å². The fourth-order valence-electron chi connectivity index (χ4n) is 1.43. The van der Waals surface area contributed by atoms with Crippen molar-refractivity contribution in [3.8, 4) is 0 Å². The van der Waals surface area contributed by atoms with Gasteiger partial charge in [0.2, 0.25) is 0 Å². The van der Waals surface area contributed by atoms with Crippen LogP contribution in [0.3, 0.4) is 0 Å². The molecule has 78 valence electrons. The predicted octanol–water partition coefficient (Wildman–Crippen LogP) is 3.20. The van der Waals surface area contributed by atoms with E-state index in [1.165, 1.54) is 0 Å². The lowest BCUT2D eigenvalue weighted by Gasteiger charge is -2.08. The lowest BCUT2D eigenvalue weighted by Crippen LogP contribution is -1.89. The first-order valence-electron chi connectivity index (χ1n) is 4.98. The van der Waals surface area contributed by atoms with E-state index in [0.29, 0.717) is 0 Å². The SMILES string of the molecule is C=C(C(=C)c1cccnc1)c1cccnc1. The first-order chi connectivity index (χ1) is 7.79. The average molecular weight is 208 g/mol. The molecule has 0 aliphatic heterocycles. The highest BCUT2D eigenvalue weighted by atomic mass is 14.6. The molecule has 0 radical (unpaired) electrons. The highest BCUT2D eigenvalue weighted by Gasteiger charge is 2.05. The summed E-state index contributed by atoms with van der Waals surface area (Å²) >= 11 is 0. The molecule has 2 heterocycles. The average Bonchev–Trinajstić information content (AvgIpc) is 2.39. The molecular formula is C14H12N2. The van der Waals surface area contributed by atoms with Gasteiger partial charge in [-0.25, -0.2) is 0 Å². The summed E-state index contributed by atoms with van der Waals surface area (Å²) in [6.45, 7) is 8.07. The molecule has 0 saturated carbocycles. The Kier molecular flexibility index (Phi) is 2.92. The van der Waals surface area contributed by atoms with Crippen LogP contribution in [0.5, 0.6) is 0 Å². The van der Waals surface area contributed by atoms with E-state index >= 15 is 0 Å². The molecule has 0 atom stereocenters. The molecule has 2 aromatic rings. The van der Waals surface area contributed by atoms with Gasteiger partial charge in [0.1, 0.15) is 0 Å². The van der Waals surface area contributed by atoms with Gasteiger partial charge in [-0.15, -0.1) is 0 Å². The van der Waals surface area contributed by atoms with Crippen LogP contribution in [-0.4, -0.2) is 9.97 Å². The molecule has 2 rings (SSSR count). The highest BCUT2D eigenvalue weighted by Crippen LogP contribution is 2.26. The zero-order valence-corrected chi connectivity index (χ0v) is 8.93. The summed E-state index contributed by atoms with van der Waals surface area (Å²) in [7, 11) is 0. The summed E-state index contributed by atoms with van der Waals surface area (Å²) in [5.41, 5.74) is 3.72. The Hall–Kier alpha value is -2.22. The van der Waals surface area contributed by atoms with E-state index in [0.717, 1.165) is 22.3 Å². The summed E-state index contributed by atoms with van der Waals surface area (Å²) in [5.74, 6) is 0. The van der Waals surface area contributed by atoms with Crippen LogP contribution in [0, 0.1) is 0 Å². The number of aromatic nitrogens is 2. The van der Waals surface area contributed by atoms with Gasteiger partial charge < -0.3 is 0 Å². The lowest BCUT2D eigenvalue weighted by atomic mass is 9.97. The highest BCUT2D eigenvalue weighted by molar-refractivity contribution is 6.02. The summed E-state index contributed by atoms with van der Waals surface area (Å²) in [6.07, 6.45) is 7.04. The van der Waals surface area contributed by atoms with Crippen molar-refractivity contribution >= 4 is 11.1 Å². The Balaban J connectivity index is 2.28. The van der Waals surface area contributed by atoms with Gasteiger partial charge in [0.15, 0.2) is 0 Å². The molecule has 0 aliphatic rings. The van der Waals surface area contributed by atoms with Gasteiger partial charge in [-0.2, -0.15) is 0 Å². The summed E-state index contributed by atoms with van der Waals surface area (Å²) < 4.78 is 0. The fraction of sp³-hybridized carbons (Fsp3) is 0. The second-order valence-electron chi connectivity index (χ2n) is 3.44. The van der Waals surface area contributed by atoms with Gasteiger partial charge in [0.25, 0.3) is 0 Å². The van der Waals surface area contributed by atoms with Gasteiger partial charge in [0.05, 0.1) is 0 Å². The van der Waals surface area contributed by atoms with Gasteiger partial charge in [0, 0.05) is 24.8 Å².